The van der Waals surface area contributed by atoms with Crippen molar-refractivity contribution in [2.75, 3.05) is 0 Å². The summed E-state index contributed by atoms with van der Waals surface area (Å²) in [5.74, 6) is 1.52. The number of hydrogen-bond donors (Lipinski definition) is 1. The first-order valence-electron chi connectivity index (χ1n) is 6.35. The Morgan fingerprint density at radius 3 is 2.84 bits per heavy atom. The van der Waals surface area contributed by atoms with E-state index in [1.807, 2.05) is 36.0 Å². The molecule has 0 aliphatic heterocycles. The van der Waals surface area contributed by atoms with E-state index >= 15 is 0 Å². The summed E-state index contributed by atoms with van der Waals surface area (Å²) in [5, 5.41) is 4.23. The molecule has 1 aromatic heterocycles. The number of aromatic nitrogens is 2. The van der Waals surface area contributed by atoms with Crippen molar-refractivity contribution in [2.24, 2.45) is 5.73 Å². The summed E-state index contributed by atoms with van der Waals surface area (Å²) in [6.07, 6.45) is 4.68. The molecule has 19 heavy (non-hydrogen) atoms. The number of ether oxygens (including phenoxy) is 1. The molecule has 0 fully saturated rings. The van der Waals surface area contributed by atoms with Gasteiger partial charge in [-0.15, -0.1) is 0 Å². The van der Waals surface area contributed by atoms with Gasteiger partial charge in [-0.1, -0.05) is 28.9 Å². The summed E-state index contributed by atoms with van der Waals surface area (Å²) in [6, 6.07) is 5.81. The second kappa shape index (κ2) is 6.21. The minimum Gasteiger partial charge on any atom is -0.454 e. The van der Waals surface area contributed by atoms with Crippen molar-refractivity contribution in [3.05, 3.63) is 40.6 Å². The molecule has 0 bridgehead atoms. The first-order chi connectivity index (χ1) is 9.10. The van der Waals surface area contributed by atoms with E-state index in [9.17, 15) is 0 Å². The van der Waals surface area contributed by atoms with Crippen molar-refractivity contribution in [2.45, 2.75) is 32.9 Å². The van der Waals surface area contributed by atoms with E-state index in [-0.39, 0.29) is 6.04 Å². The topological polar surface area (TPSA) is 53.1 Å². The third-order valence-corrected chi connectivity index (χ3v) is 3.45. The molecule has 0 aliphatic rings. The number of rotatable bonds is 5. The van der Waals surface area contributed by atoms with Crippen LogP contribution in [-0.4, -0.2) is 9.78 Å². The van der Waals surface area contributed by atoms with Crippen LogP contribution in [0.15, 0.2) is 35.1 Å². The van der Waals surface area contributed by atoms with Crippen LogP contribution in [0.25, 0.3) is 0 Å². The maximum Gasteiger partial charge on any atom is 0.165 e. The van der Waals surface area contributed by atoms with Gasteiger partial charge in [-0.25, -0.2) is 0 Å². The van der Waals surface area contributed by atoms with Crippen molar-refractivity contribution < 1.29 is 4.74 Å². The number of nitrogens with two attached hydrogens (primary N) is 1. The summed E-state index contributed by atoms with van der Waals surface area (Å²) >= 11 is 3.51. The Labute approximate surface area is 121 Å². The Hall–Kier alpha value is -1.33. The van der Waals surface area contributed by atoms with Gasteiger partial charge in [0, 0.05) is 17.1 Å². The fourth-order valence-corrected chi connectivity index (χ4v) is 2.54. The van der Waals surface area contributed by atoms with Gasteiger partial charge in [0.2, 0.25) is 0 Å². The number of benzene rings is 1. The van der Waals surface area contributed by atoms with E-state index in [1.54, 1.807) is 6.20 Å². The third-order valence-electron chi connectivity index (χ3n) is 2.76. The van der Waals surface area contributed by atoms with Crippen LogP contribution in [0.1, 0.15) is 31.9 Å². The standard InChI is InChI=1S/C14H18BrN3O/c1-3-6-18-9-12(8-17-18)19-11-4-5-13(10(2)16)14(15)7-11/h4-5,7-10H,3,6,16H2,1-2H3/t10-/m0/s1. The van der Waals surface area contributed by atoms with Gasteiger partial charge in [-0.2, -0.15) is 5.10 Å². The van der Waals surface area contributed by atoms with Crippen molar-refractivity contribution >= 4 is 15.9 Å². The van der Waals surface area contributed by atoms with Crippen LogP contribution >= 0.6 is 15.9 Å². The Balaban J connectivity index is 2.12. The molecule has 4 nitrogen and oxygen atoms in total. The summed E-state index contributed by atoms with van der Waals surface area (Å²) in [5.41, 5.74) is 6.93. The van der Waals surface area contributed by atoms with E-state index in [0.717, 1.165) is 34.5 Å². The molecule has 0 saturated carbocycles. The van der Waals surface area contributed by atoms with Gasteiger partial charge in [0.25, 0.3) is 0 Å². The van der Waals surface area contributed by atoms with Gasteiger partial charge >= 0.3 is 0 Å². The second-order valence-electron chi connectivity index (χ2n) is 4.51. The summed E-state index contributed by atoms with van der Waals surface area (Å²) in [6.45, 7) is 4.97. The molecular formula is C14H18BrN3O. The normalized spacial score (nSPS) is 12.4. The van der Waals surface area contributed by atoms with Gasteiger partial charge in [-0.3, -0.25) is 4.68 Å². The second-order valence-corrected chi connectivity index (χ2v) is 5.37. The third kappa shape index (κ3) is 3.58. The maximum atomic E-state index is 5.87. The predicted octanol–water partition coefficient (Wildman–Crippen LogP) is 3.87. The molecule has 1 atom stereocenters. The Bertz CT molecular complexity index is 551. The minimum absolute atomic E-state index is 0.00395. The van der Waals surface area contributed by atoms with Crippen LogP contribution in [-0.2, 0) is 6.54 Å². The highest BCUT2D eigenvalue weighted by Crippen LogP contribution is 2.29. The van der Waals surface area contributed by atoms with Crippen LogP contribution < -0.4 is 10.5 Å². The fourth-order valence-electron chi connectivity index (χ4n) is 1.83. The Morgan fingerprint density at radius 2 is 2.21 bits per heavy atom. The first-order valence-corrected chi connectivity index (χ1v) is 7.14. The van der Waals surface area contributed by atoms with E-state index in [4.69, 9.17) is 10.5 Å². The first kappa shape index (κ1) is 14.1. The maximum absolute atomic E-state index is 5.87. The molecule has 0 spiro atoms. The van der Waals surface area contributed by atoms with Crippen LogP contribution in [0.3, 0.4) is 0 Å². The van der Waals surface area contributed by atoms with Gasteiger partial charge in [0.15, 0.2) is 5.75 Å². The zero-order valence-electron chi connectivity index (χ0n) is 11.1. The van der Waals surface area contributed by atoms with E-state index in [1.165, 1.54) is 0 Å². The van der Waals surface area contributed by atoms with E-state index in [2.05, 4.69) is 28.0 Å². The predicted molar refractivity (Wildman–Crippen MR) is 79.3 cm³/mol. The fraction of sp³-hybridized carbons (Fsp3) is 0.357. The van der Waals surface area contributed by atoms with Gasteiger partial charge in [0.1, 0.15) is 5.75 Å². The number of aryl methyl sites for hydroxylation is 1. The molecule has 0 aliphatic carbocycles. The van der Waals surface area contributed by atoms with Gasteiger partial charge in [-0.05, 0) is 31.0 Å². The van der Waals surface area contributed by atoms with Crippen LogP contribution in [0.4, 0.5) is 0 Å². The van der Waals surface area contributed by atoms with Crippen LogP contribution in [0.5, 0.6) is 11.5 Å². The van der Waals surface area contributed by atoms with E-state index in [0.29, 0.717) is 0 Å². The zero-order valence-corrected chi connectivity index (χ0v) is 12.7. The van der Waals surface area contributed by atoms with Gasteiger partial charge in [0.05, 0.1) is 12.4 Å². The molecule has 2 aromatic rings. The molecule has 102 valence electrons. The van der Waals surface area contributed by atoms with Crippen molar-refractivity contribution in [1.82, 2.24) is 9.78 Å². The number of nitrogens with zero attached hydrogens (tertiary/aromatic N) is 2. The molecule has 2 rings (SSSR count). The number of halogens is 1. The minimum atomic E-state index is -0.00395. The highest BCUT2D eigenvalue weighted by Gasteiger charge is 2.07. The molecular weight excluding hydrogens is 306 g/mol. The smallest absolute Gasteiger partial charge is 0.165 e. The van der Waals surface area contributed by atoms with Crippen molar-refractivity contribution in [1.29, 1.82) is 0 Å². The van der Waals surface area contributed by atoms with Crippen LogP contribution in [0.2, 0.25) is 0 Å². The Kier molecular flexibility index (Phi) is 4.61. The molecule has 0 saturated heterocycles. The summed E-state index contributed by atoms with van der Waals surface area (Å²) in [4.78, 5) is 0. The molecule has 0 unspecified atom stereocenters. The largest absolute Gasteiger partial charge is 0.454 e. The van der Waals surface area contributed by atoms with Crippen molar-refractivity contribution in [3.8, 4) is 11.5 Å². The molecule has 0 amide bonds. The van der Waals surface area contributed by atoms with Crippen molar-refractivity contribution in [3.63, 3.8) is 0 Å². The SMILES string of the molecule is CCCn1cc(Oc2ccc([C@H](C)N)c(Br)c2)cn1. The van der Waals surface area contributed by atoms with Crippen LogP contribution in [0, 0.1) is 0 Å². The monoisotopic (exact) mass is 323 g/mol. The van der Waals surface area contributed by atoms with Gasteiger partial charge < -0.3 is 10.5 Å². The summed E-state index contributed by atoms with van der Waals surface area (Å²) < 4.78 is 8.60. The number of hydrogen-bond acceptors (Lipinski definition) is 3. The lowest BCUT2D eigenvalue weighted by atomic mass is 10.1. The average molecular weight is 324 g/mol. The quantitative estimate of drug-likeness (QED) is 0.908. The zero-order chi connectivity index (χ0) is 13.8. The summed E-state index contributed by atoms with van der Waals surface area (Å²) in [7, 11) is 0. The molecule has 1 aromatic carbocycles. The molecule has 1 heterocycles. The highest BCUT2D eigenvalue weighted by atomic mass is 79.9. The lowest BCUT2D eigenvalue weighted by Gasteiger charge is -2.10. The highest BCUT2D eigenvalue weighted by molar-refractivity contribution is 9.10. The lowest BCUT2D eigenvalue weighted by molar-refractivity contribution is 0.480. The molecule has 5 heteroatoms. The Morgan fingerprint density at radius 1 is 1.42 bits per heavy atom. The van der Waals surface area contributed by atoms with E-state index < -0.39 is 0 Å². The average Bonchev–Trinajstić information content (AvgIpc) is 2.76. The molecule has 2 N–H and O–H groups in total. The lowest BCUT2D eigenvalue weighted by Crippen LogP contribution is -2.05. The molecule has 0 radical (unpaired) electrons.